The van der Waals surface area contributed by atoms with Gasteiger partial charge in [-0.25, -0.2) is 0 Å². The molecule has 1 aromatic carbocycles. The van der Waals surface area contributed by atoms with E-state index < -0.39 is 5.60 Å². The lowest BCUT2D eigenvalue weighted by Gasteiger charge is -2.37. The maximum atomic E-state index is 12.1. The molecule has 1 saturated heterocycles. The third-order valence-corrected chi connectivity index (χ3v) is 4.45. The Hall–Kier alpha value is -1.33. The zero-order valence-electron chi connectivity index (χ0n) is 12.3. The molecule has 0 radical (unpaired) electrons. The van der Waals surface area contributed by atoms with Crippen molar-refractivity contribution in [3.63, 3.8) is 0 Å². The Balaban J connectivity index is 2.03. The molecule has 1 heterocycles. The van der Waals surface area contributed by atoms with Crippen molar-refractivity contribution in [2.75, 3.05) is 18.8 Å². The van der Waals surface area contributed by atoms with Gasteiger partial charge in [0.15, 0.2) is 5.12 Å². The summed E-state index contributed by atoms with van der Waals surface area (Å²) in [4.78, 5) is 23.0. The summed E-state index contributed by atoms with van der Waals surface area (Å²) in [5, 5.41) is 3.33. The smallest absolute Gasteiger partial charge is 0.307 e. The number of rotatable bonds is 5. The average molecular weight is 307 g/mol. The highest BCUT2D eigenvalue weighted by Gasteiger charge is 2.37. The van der Waals surface area contributed by atoms with Gasteiger partial charge in [-0.05, 0) is 18.7 Å². The minimum Gasteiger partial charge on any atom is -0.454 e. The first-order valence-corrected chi connectivity index (χ1v) is 8.22. The Kier molecular flexibility index (Phi) is 5.82. The SMILES string of the molecule is CC(=O)SCCC(=O)OC1(c2ccccc2)CCNCC1. The second-order valence-corrected chi connectivity index (χ2v) is 6.45. The summed E-state index contributed by atoms with van der Waals surface area (Å²) >= 11 is 1.16. The number of carbonyl (C=O) groups is 2. The Bertz CT molecular complexity index is 484. The van der Waals surface area contributed by atoms with Crippen molar-refractivity contribution < 1.29 is 14.3 Å². The van der Waals surface area contributed by atoms with Crippen LogP contribution in [0.25, 0.3) is 0 Å². The van der Waals surface area contributed by atoms with E-state index in [0.717, 1.165) is 43.3 Å². The van der Waals surface area contributed by atoms with E-state index in [1.54, 1.807) is 0 Å². The van der Waals surface area contributed by atoms with Crippen LogP contribution in [0.2, 0.25) is 0 Å². The van der Waals surface area contributed by atoms with Crippen molar-refractivity contribution in [3.8, 4) is 0 Å². The van der Waals surface area contributed by atoms with Gasteiger partial charge >= 0.3 is 5.97 Å². The van der Waals surface area contributed by atoms with Crippen molar-refractivity contribution in [3.05, 3.63) is 35.9 Å². The van der Waals surface area contributed by atoms with E-state index in [0.29, 0.717) is 5.75 Å². The molecule has 114 valence electrons. The third kappa shape index (κ3) is 4.58. The van der Waals surface area contributed by atoms with Crippen LogP contribution in [0.15, 0.2) is 30.3 Å². The van der Waals surface area contributed by atoms with Crippen molar-refractivity contribution in [1.29, 1.82) is 0 Å². The van der Waals surface area contributed by atoms with Gasteiger partial charge in [-0.3, -0.25) is 9.59 Å². The molecule has 1 aromatic rings. The summed E-state index contributed by atoms with van der Waals surface area (Å²) in [5.41, 5.74) is 0.531. The molecular formula is C16H21NO3S. The number of hydrogen-bond acceptors (Lipinski definition) is 5. The number of piperidine rings is 1. The monoisotopic (exact) mass is 307 g/mol. The van der Waals surface area contributed by atoms with E-state index >= 15 is 0 Å². The fourth-order valence-electron chi connectivity index (χ4n) is 2.57. The normalized spacial score (nSPS) is 17.2. The van der Waals surface area contributed by atoms with Gasteiger partial charge in [0.1, 0.15) is 5.60 Å². The molecule has 1 N–H and O–H groups in total. The van der Waals surface area contributed by atoms with E-state index in [4.69, 9.17) is 4.74 Å². The molecule has 1 aliphatic rings. The summed E-state index contributed by atoms with van der Waals surface area (Å²) in [6.07, 6.45) is 1.83. The first kappa shape index (κ1) is 16.0. The fraction of sp³-hybridized carbons (Fsp3) is 0.500. The number of thioether (sulfide) groups is 1. The minimum absolute atomic E-state index is 0.0300. The number of esters is 1. The van der Waals surface area contributed by atoms with Crippen LogP contribution in [0.3, 0.4) is 0 Å². The van der Waals surface area contributed by atoms with Gasteiger partial charge in [0.05, 0.1) is 6.42 Å². The number of nitrogens with one attached hydrogen (secondary N) is 1. The van der Waals surface area contributed by atoms with Crippen LogP contribution < -0.4 is 5.32 Å². The van der Waals surface area contributed by atoms with Crippen LogP contribution in [0.1, 0.15) is 31.7 Å². The van der Waals surface area contributed by atoms with Crippen LogP contribution >= 0.6 is 11.8 Å². The molecule has 0 aliphatic carbocycles. The highest BCUT2D eigenvalue weighted by Crippen LogP contribution is 2.35. The lowest BCUT2D eigenvalue weighted by atomic mass is 9.85. The maximum Gasteiger partial charge on any atom is 0.307 e. The number of hydrogen-bond donors (Lipinski definition) is 1. The van der Waals surface area contributed by atoms with Gasteiger partial charge in [-0.2, -0.15) is 0 Å². The van der Waals surface area contributed by atoms with E-state index in [-0.39, 0.29) is 17.5 Å². The molecule has 0 saturated carbocycles. The first-order chi connectivity index (χ1) is 10.1. The van der Waals surface area contributed by atoms with Crippen LogP contribution in [-0.4, -0.2) is 29.9 Å². The molecule has 0 spiro atoms. The molecule has 5 heteroatoms. The summed E-state index contributed by atoms with van der Waals surface area (Å²) in [6, 6.07) is 9.94. The zero-order valence-corrected chi connectivity index (χ0v) is 13.1. The summed E-state index contributed by atoms with van der Waals surface area (Å²) in [6.45, 7) is 3.18. The largest absolute Gasteiger partial charge is 0.454 e. The van der Waals surface area contributed by atoms with Crippen molar-refractivity contribution in [1.82, 2.24) is 5.32 Å². The van der Waals surface area contributed by atoms with Gasteiger partial charge in [-0.15, -0.1) is 0 Å². The van der Waals surface area contributed by atoms with Gasteiger partial charge in [0.2, 0.25) is 0 Å². The van der Waals surface area contributed by atoms with Gasteiger partial charge in [0.25, 0.3) is 0 Å². The summed E-state index contributed by atoms with van der Waals surface area (Å²) < 4.78 is 5.84. The molecule has 1 aliphatic heterocycles. The topological polar surface area (TPSA) is 55.4 Å². The third-order valence-electron chi connectivity index (χ3n) is 3.63. The molecule has 0 atom stereocenters. The number of carbonyl (C=O) groups excluding carboxylic acids is 2. The standard InChI is InChI=1S/C16H21NO3S/c1-13(18)21-12-7-15(19)20-16(8-10-17-11-9-16)14-5-3-2-4-6-14/h2-6,17H,7-12H2,1H3. The second-order valence-electron chi connectivity index (χ2n) is 5.17. The lowest BCUT2D eigenvalue weighted by Crippen LogP contribution is -2.43. The predicted molar refractivity (Wildman–Crippen MR) is 84.1 cm³/mol. The van der Waals surface area contributed by atoms with Crippen LogP contribution in [0, 0.1) is 0 Å². The van der Waals surface area contributed by atoms with Crippen LogP contribution in [0.5, 0.6) is 0 Å². The summed E-state index contributed by atoms with van der Waals surface area (Å²) in [5.74, 6) is 0.256. The number of benzene rings is 1. The van der Waals surface area contributed by atoms with Gasteiger partial charge in [0, 0.05) is 25.5 Å². The van der Waals surface area contributed by atoms with Gasteiger partial charge < -0.3 is 10.1 Å². The van der Waals surface area contributed by atoms with E-state index in [2.05, 4.69) is 5.32 Å². The first-order valence-electron chi connectivity index (χ1n) is 7.24. The summed E-state index contributed by atoms with van der Waals surface area (Å²) in [7, 11) is 0. The molecule has 21 heavy (non-hydrogen) atoms. The highest BCUT2D eigenvalue weighted by molar-refractivity contribution is 8.13. The number of ether oxygens (including phenoxy) is 1. The Labute approximate surface area is 129 Å². The molecule has 0 amide bonds. The van der Waals surface area contributed by atoms with E-state index in [9.17, 15) is 9.59 Å². The van der Waals surface area contributed by atoms with E-state index in [1.807, 2.05) is 30.3 Å². The molecular weight excluding hydrogens is 286 g/mol. The second kappa shape index (κ2) is 7.61. The van der Waals surface area contributed by atoms with Gasteiger partial charge in [-0.1, -0.05) is 42.1 Å². The van der Waals surface area contributed by atoms with Crippen molar-refractivity contribution in [2.24, 2.45) is 0 Å². The van der Waals surface area contributed by atoms with Crippen molar-refractivity contribution >= 4 is 22.8 Å². The van der Waals surface area contributed by atoms with Crippen LogP contribution in [-0.2, 0) is 19.9 Å². The average Bonchev–Trinajstić information content (AvgIpc) is 2.48. The Morgan fingerprint density at radius 2 is 1.90 bits per heavy atom. The molecule has 0 aromatic heterocycles. The Morgan fingerprint density at radius 1 is 1.24 bits per heavy atom. The fourth-order valence-corrected chi connectivity index (χ4v) is 3.13. The predicted octanol–water partition coefficient (Wildman–Crippen LogP) is 2.48. The van der Waals surface area contributed by atoms with E-state index in [1.165, 1.54) is 6.92 Å². The Morgan fingerprint density at radius 3 is 2.52 bits per heavy atom. The lowest BCUT2D eigenvalue weighted by molar-refractivity contribution is -0.163. The maximum absolute atomic E-state index is 12.1. The minimum atomic E-state index is -0.523. The van der Waals surface area contributed by atoms with Crippen LogP contribution in [0.4, 0.5) is 0 Å². The highest BCUT2D eigenvalue weighted by atomic mass is 32.2. The molecule has 2 rings (SSSR count). The molecule has 1 fully saturated rings. The molecule has 0 unspecified atom stereocenters. The van der Waals surface area contributed by atoms with Crippen molar-refractivity contribution in [2.45, 2.75) is 31.8 Å². The molecule has 4 nitrogen and oxygen atoms in total. The zero-order chi connectivity index (χ0) is 15.1. The molecule has 0 bridgehead atoms. The quantitative estimate of drug-likeness (QED) is 0.847.